The van der Waals surface area contributed by atoms with Gasteiger partial charge in [-0.1, -0.05) is 200 Å². The smallest absolute Gasteiger partial charge is 0.303 e. The van der Waals surface area contributed by atoms with E-state index in [4.69, 9.17) is 33.2 Å². The Morgan fingerprint density at radius 1 is 0.521 bits per heavy atom. The first-order valence-electron chi connectivity index (χ1n) is 27.9. The number of unbranched alkanes of at least 4 members (excludes halogenated alkanes) is 28. The molecule has 0 aromatic carbocycles. The van der Waals surface area contributed by atoms with Gasteiger partial charge in [-0.3, -0.25) is 28.8 Å². The van der Waals surface area contributed by atoms with Gasteiger partial charge in [0.05, 0.1) is 12.6 Å². The van der Waals surface area contributed by atoms with Gasteiger partial charge in [-0.15, -0.1) is 0 Å². The Kier molecular flexibility index (Phi) is 39.5. The Balaban J connectivity index is 3.02. The highest BCUT2D eigenvalue weighted by atomic mass is 16.7. The number of hydrogen-bond donors (Lipinski definition) is 2. The number of hydrogen-bond acceptors (Lipinski definition) is 14. The number of amides is 1. The van der Waals surface area contributed by atoms with Crippen molar-refractivity contribution in [2.45, 2.75) is 296 Å². The molecule has 1 aliphatic rings. The molecule has 1 amide bonds. The normalized spacial score (nSPS) is 19.1. The largest absolute Gasteiger partial charge is 0.463 e. The fourth-order valence-corrected chi connectivity index (χ4v) is 8.99. The van der Waals surface area contributed by atoms with E-state index in [1.54, 1.807) is 6.08 Å². The molecule has 8 atom stereocenters. The molecule has 15 heteroatoms. The fraction of sp³-hybridized carbons (Fsp3) is 0.857. The van der Waals surface area contributed by atoms with Gasteiger partial charge in [0.1, 0.15) is 24.9 Å². The van der Waals surface area contributed by atoms with Gasteiger partial charge in [0.25, 0.3) is 0 Å². The number of carbonyl (C=O) groups is 6. The van der Waals surface area contributed by atoms with E-state index in [2.05, 4.69) is 19.2 Å². The molecule has 3 unspecified atom stereocenters. The first-order chi connectivity index (χ1) is 34.2. The van der Waals surface area contributed by atoms with Gasteiger partial charge in [-0.25, -0.2) is 0 Å². The van der Waals surface area contributed by atoms with Gasteiger partial charge in [0.15, 0.2) is 24.6 Å². The van der Waals surface area contributed by atoms with Gasteiger partial charge in [0, 0.05) is 34.6 Å². The third-order valence-corrected chi connectivity index (χ3v) is 12.8. The van der Waals surface area contributed by atoms with Gasteiger partial charge in [0.2, 0.25) is 5.91 Å². The predicted molar refractivity (Wildman–Crippen MR) is 275 cm³/mol. The lowest BCUT2D eigenvalue weighted by Gasteiger charge is -2.44. The second-order valence-corrected chi connectivity index (χ2v) is 19.7. The second kappa shape index (κ2) is 42.9. The van der Waals surface area contributed by atoms with Crippen LogP contribution >= 0.6 is 0 Å². The maximum atomic E-state index is 13.7. The third-order valence-electron chi connectivity index (χ3n) is 12.8. The molecule has 1 fully saturated rings. The van der Waals surface area contributed by atoms with Crippen LogP contribution < -0.4 is 5.32 Å². The summed E-state index contributed by atoms with van der Waals surface area (Å²) >= 11 is 0. The van der Waals surface area contributed by atoms with Crippen molar-refractivity contribution in [2.24, 2.45) is 0 Å². The molecule has 1 rings (SSSR count). The minimum Gasteiger partial charge on any atom is -0.463 e. The van der Waals surface area contributed by atoms with Gasteiger partial charge in [-0.2, -0.15) is 0 Å². The molecule has 0 spiro atoms. The Hall–Kier alpha value is -3.56. The summed E-state index contributed by atoms with van der Waals surface area (Å²) in [6.45, 7) is 9.39. The molecule has 0 bridgehead atoms. The summed E-state index contributed by atoms with van der Waals surface area (Å²) in [6.07, 6.45) is 30.2. The Labute approximate surface area is 428 Å². The number of allylic oxidation sites excluding steroid dienone is 1. The molecule has 1 saturated heterocycles. The molecule has 0 aliphatic carbocycles. The van der Waals surface area contributed by atoms with Crippen molar-refractivity contribution in [1.82, 2.24) is 5.32 Å². The van der Waals surface area contributed by atoms with Crippen LogP contribution in [0.4, 0.5) is 0 Å². The van der Waals surface area contributed by atoms with Crippen LogP contribution in [0, 0.1) is 0 Å². The number of aliphatic hydroxyl groups is 1. The van der Waals surface area contributed by atoms with Gasteiger partial charge >= 0.3 is 29.8 Å². The van der Waals surface area contributed by atoms with E-state index in [9.17, 15) is 33.9 Å². The lowest BCUT2D eigenvalue weighted by Crippen LogP contribution is -2.63. The summed E-state index contributed by atoms with van der Waals surface area (Å²) < 4.78 is 39.9. The number of aliphatic hydroxyl groups excluding tert-OH is 1. The fourth-order valence-electron chi connectivity index (χ4n) is 8.99. The highest BCUT2D eigenvalue weighted by molar-refractivity contribution is 5.81. The first-order valence-corrected chi connectivity index (χ1v) is 27.9. The van der Waals surface area contributed by atoms with E-state index in [-0.39, 0.29) is 6.42 Å². The zero-order chi connectivity index (χ0) is 52.5. The number of ether oxygens (including phenoxy) is 7. The van der Waals surface area contributed by atoms with Crippen molar-refractivity contribution in [3.63, 3.8) is 0 Å². The van der Waals surface area contributed by atoms with Crippen LogP contribution in [0.25, 0.3) is 0 Å². The Bertz CT molecular complexity index is 1460. The molecular weight excluding hydrogens is 911 g/mol. The number of nitrogens with one attached hydrogen (secondary N) is 1. The van der Waals surface area contributed by atoms with Crippen molar-refractivity contribution < 1.29 is 67.0 Å². The standard InChI is InChI=1S/C56H99NO14/c1-8-10-12-14-16-18-20-22-23-24-25-26-28-29-31-33-35-37-39-49(63)55(64)57-48(50(67-44(4)59)40-38-36-34-32-30-27-21-19-17-15-13-11-9-2)41-66-56-54(70-47(7)62)53(69-46(6)61)52(68-45(5)60)51(71-56)42-65-43(3)58/h38,40,48-54,56,63H,8-37,39,41-42H2,1-7H3,(H,57,64)/b40-38+/t48-,49?,50+,51+,52-,53?,54?,56+/m0/s1. The van der Waals surface area contributed by atoms with E-state index in [0.29, 0.717) is 12.8 Å². The Morgan fingerprint density at radius 2 is 0.930 bits per heavy atom. The minimum absolute atomic E-state index is 0.227. The molecule has 2 N–H and O–H groups in total. The average molecular weight is 1010 g/mol. The number of rotatable bonds is 44. The van der Waals surface area contributed by atoms with E-state index >= 15 is 0 Å². The highest BCUT2D eigenvalue weighted by Crippen LogP contribution is 2.30. The van der Waals surface area contributed by atoms with Crippen LogP contribution in [0.1, 0.15) is 248 Å². The summed E-state index contributed by atoms with van der Waals surface area (Å²) in [4.78, 5) is 75.2. The van der Waals surface area contributed by atoms with Crippen molar-refractivity contribution >= 4 is 35.8 Å². The van der Waals surface area contributed by atoms with Crippen LogP contribution in [0.15, 0.2) is 12.2 Å². The topological polar surface area (TPSA) is 199 Å². The summed E-state index contributed by atoms with van der Waals surface area (Å²) in [6, 6.07) is -1.10. The molecule has 71 heavy (non-hydrogen) atoms. The van der Waals surface area contributed by atoms with Crippen molar-refractivity contribution in [3.05, 3.63) is 12.2 Å². The molecule has 15 nitrogen and oxygen atoms in total. The SMILES string of the molecule is CCCCCCCCCCCCC/C=C/[C@@H](OC(C)=O)[C@H](CO[C@@H]1O[C@H](COC(C)=O)[C@H](OC(C)=O)C(OC(C)=O)C1OC(C)=O)NC(=O)C(O)CCCCCCCCCCCCCCCCCCCC. The number of esters is 5. The Morgan fingerprint density at radius 3 is 1.35 bits per heavy atom. The molecule has 412 valence electrons. The van der Waals surface area contributed by atoms with Crippen LogP contribution in [0.2, 0.25) is 0 Å². The highest BCUT2D eigenvalue weighted by Gasteiger charge is 2.53. The average Bonchev–Trinajstić information content (AvgIpc) is 3.31. The lowest BCUT2D eigenvalue weighted by atomic mass is 9.98. The number of carbonyl (C=O) groups excluding carboxylic acids is 6. The summed E-state index contributed by atoms with van der Waals surface area (Å²) in [5.74, 6) is -4.37. The van der Waals surface area contributed by atoms with Crippen LogP contribution in [-0.4, -0.2) is 103 Å². The van der Waals surface area contributed by atoms with Gasteiger partial charge < -0.3 is 43.6 Å². The van der Waals surface area contributed by atoms with Crippen LogP contribution in [-0.2, 0) is 61.9 Å². The predicted octanol–water partition coefficient (Wildman–Crippen LogP) is 11.6. The first kappa shape index (κ1) is 65.5. The monoisotopic (exact) mass is 1010 g/mol. The molecule has 1 heterocycles. The molecule has 1 aliphatic heterocycles. The maximum absolute atomic E-state index is 13.7. The quantitative estimate of drug-likeness (QED) is 0.0253. The van der Waals surface area contributed by atoms with E-state index in [1.807, 2.05) is 6.08 Å². The van der Waals surface area contributed by atoms with Gasteiger partial charge in [-0.05, 0) is 25.3 Å². The third kappa shape index (κ3) is 34.5. The van der Waals surface area contributed by atoms with Crippen molar-refractivity contribution in [1.29, 1.82) is 0 Å². The molecule has 0 saturated carbocycles. The molecular formula is C56H99NO14. The summed E-state index contributed by atoms with van der Waals surface area (Å²) in [5.41, 5.74) is 0. The lowest BCUT2D eigenvalue weighted by molar-refractivity contribution is -0.309. The van der Waals surface area contributed by atoms with Crippen molar-refractivity contribution in [2.75, 3.05) is 13.2 Å². The van der Waals surface area contributed by atoms with E-state index in [1.165, 1.54) is 155 Å². The van der Waals surface area contributed by atoms with E-state index < -0.39 is 97.9 Å². The summed E-state index contributed by atoms with van der Waals surface area (Å²) in [7, 11) is 0. The molecule has 0 radical (unpaired) electrons. The van der Waals surface area contributed by atoms with Crippen molar-refractivity contribution in [3.8, 4) is 0 Å². The van der Waals surface area contributed by atoms with Crippen LogP contribution in [0.3, 0.4) is 0 Å². The van der Waals surface area contributed by atoms with Crippen LogP contribution in [0.5, 0.6) is 0 Å². The summed E-state index contributed by atoms with van der Waals surface area (Å²) in [5, 5.41) is 13.9. The minimum atomic E-state index is -1.54. The molecule has 0 aromatic rings. The molecule has 0 aromatic heterocycles. The van der Waals surface area contributed by atoms with E-state index in [0.717, 1.165) is 59.3 Å². The second-order valence-electron chi connectivity index (χ2n) is 19.7. The maximum Gasteiger partial charge on any atom is 0.303 e. The zero-order valence-corrected chi connectivity index (χ0v) is 45.4. The zero-order valence-electron chi connectivity index (χ0n) is 45.4.